The zero-order valence-corrected chi connectivity index (χ0v) is 18.5. The molecule has 1 aliphatic heterocycles. The third-order valence-electron chi connectivity index (χ3n) is 5.98. The summed E-state index contributed by atoms with van der Waals surface area (Å²) in [6.07, 6.45) is 9.14. The number of unbranched alkanes of at least 4 members (excludes halogenated alkanes) is 5. The highest BCUT2D eigenvalue weighted by atomic mass is 16.6. The maximum absolute atomic E-state index is 12.1. The van der Waals surface area contributed by atoms with Crippen LogP contribution in [0.1, 0.15) is 81.0 Å². The van der Waals surface area contributed by atoms with Crippen molar-refractivity contribution in [3.05, 3.63) is 32.4 Å². The molecule has 0 fully saturated rings. The summed E-state index contributed by atoms with van der Waals surface area (Å²) in [6.45, 7) is 9.79. The van der Waals surface area contributed by atoms with Crippen LogP contribution < -0.4 is 4.90 Å². The Morgan fingerprint density at radius 2 is 1.79 bits per heavy atom. The van der Waals surface area contributed by atoms with Gasteiger partial charge >= 0.3 is 5.97 Å². The topological polar surface area (TPSA) is 72.7 Å². The average molecular weight is 405 g/mol. The maximum atomic E-state index is 12.1. The van der Waals surface area contributed by atoms with E-state index < -0.39 is 0 Å². The Bertz CT molecular complexity index is 730. The van der Waals surface area contributed by atoms with Gasteiger partial charge in [0, 0.05) is 18.7 Å². The number of carbonyl (C=O) groups is 1. The van der Waals surface area contributed by atoms with E-state index in [9.17, 15) is 14.9 Å². The van der Waals surface area contributed by atoms with Gasteiger partial charge in [0.2, 0.25) is 0 Å². The second-order valence-electron chi connectivity index (χ2n) is 8.00. The summed E-state index contributed by atoms with van der Waals surface area (Å²) >= 11 is 0. The molecule has 0 N–H and O–H groups in total. The van der Waals surface area contributed by atoms with Crippen LogP contribution in [0, 0.1) is 24.0 Å². The van der Waals surface area contributed by atoms with Gasteiger partial charge in [0.1, 0.15) is 5.69 Å². The molecule has 2 rings (SSSR count). The number of nitrogens with zero attached hydrogens (tertiary/aromatic N) is 2. The minimum Gasteiger partial charge on any atom is -0.466 e. The average Bonchev–Trinajstić information content (AvgIpc) is 2.68. The van der Waals surface area contributed by atoms with Crippen LogP contribution in [0.4, 0.5) is 11.4 Å². The number of carbonyl (C=O) groups excluding carboxylic acids is 1. The van der Waals surface area contributed by atoms with Gasteiger partial charge in [0.25, 0.3) is 5.69 Å². The first-order chi connectivity index (χ1) is 13.9. The maximum Gasteiger partial charge on any atom is 0.310 e. The van der Waals surface area contributed by atoms with Crippen molar-refractivity contribution in [3.63, 3.8) is 0 Å². The smallest absolute Gasteiger partial charge is 0.310 e. The molecule has 0 saturated carbocycles. The number of rotatable bonds is 11. The van der Waals surface area contributed by atoms with E-state index >= 15 is 0 Å². The monoisotopic (exact) mass is 404 g/mol. The standard InChI is InChI=1S/C23H36N2O4/c1-5-7-8-9-10-11-14-24-15-12-13-19-17(3)20(16-21(26)29-6-2)18(4)22(23(19)24)25(27)28/h5-16H2,1-4H3. The molecule has 0 radical (unpaired) electrons. The van der Waals surface area contributed by atoms with Gasteiger partial charge < -0.3 is 9.64 Å². The van der Waals surface area contributed by atoms with Gasteiger partial charge in [-0.15, -0.1) is 0 Å². The van der Waals surface area contributed by atoms with Crippen LogP contribution >= 0.6 is 0 Å². The van der Waals surface area contributed by atoms with E-state index in [4.69, 9.17) is 4.74 Å². The first-order valence-electron chi connectivity index (χ1n) is 11.1. The number of anilines is 1. The van der Waals surface area contributed by atoms with Crippen molar-refractivity contribution in [1.82, 2.24) is 0 Å². The van der Waals surface area contributed by atoms with Gasteiger partial charge in [0.05, 0.1) is 18.0 Å². The molecule has 6 heteroatoms. The number of hydrogen-bond donors (Lipinski definition) is 0. The van der Waals surface area contributed by atoms with Crippen LogP contribution in [0.15, 0.2) is 0 Å². The molecule has 1 aromatic carbocycles. The van der Waals surface area contributed by atoms with Gasteiger partial charge in [-0.05, 0) is 56.7 Å². The van der Waals surface area contributed by atoms with E-state index in [1.165, 1.54) is 32.1 Å². The van der Waals surface area contributed by atoms with Crippen molar-refractivity contribution in [2.75, 3.05) is 24.6 Å². The molecule has 0 spiro atoms. The minimum absolute atomic E-state index is 0.0943. The third-order valence-corrected chi connectivity index (χ3v) is 5.98. The van der Waals surface area contributed by atoms with Crippen LogP contribution in [0.2, 0.25) is 0 Å². The Hall–Kier alpha value is -2.11. The fourth-order valence-electron chi connectivity index (χ4n) is 4.46. The Morgan fingerprint density at radius 3 is 2.45 bits per heavy atom. The summed E-state index contributed by atoms with van der Waals surface area (Å²) in [5.41, 5.74) is 4.39. The van der Waals surface area contributed by atoms with Gasteiger partial charge in [-0.3, -0.25) is 14.9 Å². The van der Waals surface area contributed by atoms with Crippen molar-refractivity contribution in [2.45, 2.75) is 85.5 Å². The van der Waals surface area contributed by atoms with Crippen molar-refractivity contribution < 1.29 is 14.5 Å². The highest BCUT2D eigenvalue weighted by molar-refractivity contribution is 5.80. The molecule has 0 saturated heterocycles. The van der Waals surface area contributed by atoms with E-state index in [0.29, 0.717) is 12.2 Å². The summed E-state index contributed by atoms with van der Waals surface area (Å²) < 4.78 is 5.10. The van der Waals surface area contributed by atoms with Gasteiger partial charge in [-0.1, -0.05) is 39.0 Å². The molecule has 162 valence electrons. The lowest BCUT2D eigenvalue weighted by molar-refractivity contribution is -0.384. The van der Waals surface area contributed by atoms with E-state index in [1.807, 2.05) is 6.92 Å². The molecule has 0 aliphatic carbocycles. The lowest BCUT2D eigenvalue weighted by atomic mass is 9.87. The van der Waals surface area contributed by atoms with Crippen LogP contribution in [-0.4, -0.2) is 30.6 Å². The lowest BCUT2D eigenvalue weighted by Crippen LogP contribution is -2.32. The first kappa shape index (κ1) is 23.2. The number of hydrogen-bond acceptors (Lipinski definition) is 5. The number of fused-ring (bicyclic) bond motifs is 1. The van der Waals surface area contributed by atoms with Crippen molar-refractivity contribution in [2.24, 2.45) is 0 Å². The summed E-state index contributed by atoms with van der Waals surface area (Å²) in [7, 11) is 0. The van der Waals surface area contributed by atoms with E-state index in [1.54, 1.807) is 13.8 Å². The first-order valence-corrected chi connectivity index (χ1v) is 11.1. The molecule has 29 heavy (non-hydrogen) atoms. The van der Waals surface area contributed by atoms with Crippen LogP contribution in [0.25, 0.3) is 0 Å². The fraction of sp³-hybridized carbons (Fsp3) is 0.696. The summed E-state index contributed by atoms with van der Waals surface area (Å²) in [4.78, 5) is 26.1. The number of benzene rings is 1. The van der Waals surface area contributed by atoms with Crippen LogP contribution in [0.3, 0.4) is 0 Å². The second kappa shape index (κ2) is 11.2. The molecule has 1 aromatic rings. The number of nitro groups is 1. The Balaban J connectivity index is 2.31. The Kier molecular flexibility index (Phi) is 8.93. The van der Waals surface area contributed by atoms with Gasteiger partial charge in [0.15, 0.2) is 0 Å². The molecule has 0 unspecified atom stereocenters. The molecule has 0 atom stereocenters. The van der Waals surface area contributed by atoms with E-state index in [0.717, 1.165) is 54.7 Å². The fourth-order valence-corrected chi connectivity index (χ4v) is 4.46. The molecular weight excluding hydrogens is 368 g/mol. The predicted octanol–water partition coefficient (Wildman–Crippen LogP) is 5.43. The summed E-state index contributed by atoms with van der Waals surface area (Å²) in [6, 6.07) is 0. The number of esters is 1. The Morgan fingerprint density at radius 1 is 1.10 bits per heavy atom. The van der Waals surface area contributed by atoms with Crippen molar-refractivity contribution >= 4 is 17.3 Å². The number of ether oxygens (including phenoxy) is 1. The van der Waals surface area contributed by atoms with Crippen molar-refractivity contribution in [3.8, 4) is 0 Å². The van der Waals surface area contributed by atoms with E-state index in [2.05, 4.69) is 11.8 Å². The molecule has 0 aromatic heterocycles. The minimum atomic E-state index is -0.326. The van der Waals surface area contributed by atoms with Gasteiger partial charge in [-0.2, -0.15) is 0 Å². The number of nitro benzene ring substituents is 1. The molecule has 0 bridgehead atoms. The Labute approximate surface area is 174 Å². The highest BCUT2D eigenvalue weighted by Crippen LogP contribution is 2.43. The summed E-state index contributed by atoms with van der Waals surface area (Å²) in [5.74, 6) is -0.326. The van der Waals surface area contributed by atoms with E-state index in [-0.39, 0.29) is 23.0 Å². The zero-order chi connectivity index (χ0) is 21.4. The molecule has 0 amide bonds. The predicted molar refractivity (Wildman–Crippen MR) is 117 cm³/mol. The van der Waals surface area contributed by atoms with Gasteiger partial charge in [-0.25, -0.2) is 0 Å². The normalized spacial score (nSPS) is 13.3. The molecule has 1 heterocycles. The highest BCUT2D eigenvalue weighted by Gasteiger charge is 2.32. The lowest BCUT2D eigenvalue weighted by Gasteiger charge is -2.33. The largest absolute Gasteiger partial charge is 0.466 e. The van der Waals surface area contributed by atoms with Crippen molar-refractivity contribution in [1.29, 1.82) is 0 Å². The SMILES string of the molecule is CCCCCCCCN1CCCc2c(C)c(CC(=O)OCC)c(C)c([N+](=O)[O-])c21. The molecule has 1 aliphatic rings. The molecule has 6 nitrogen and oxygen atoms in total. The van der Waals surface area contributed by atoms with Crippen LogP contribution in [0.5, 0.6) is 0 Å². The second-order valence-corrected chi connectivity index (χ2v) is 8.00. The van der Waals surface area contributed by atoms with Crippen LogP contribution in [-0.2, 0) is 22.4 Å². The summed E-state index contributed by atoms with van der Waals surface area (Å²) in [5, 5.41) is 12.0. The molecular formula is C23H36N2O4. The zero-order valence-electron chi connectivity index (χ0n) is 18.5. The third kappa shape index (κ3) is 5.71. The quantitative estimate of drug-likeness (QED) is 0.213.